The lowest BCUT2D eigenvalue weighted by molar-refractivity contribution is -0.131. The molecule has 1 aliphatic heterocycles. The first-order chi connectivity index (χ1) is 5.70. The van der Waals surface area contributed by atoms with Crippen LogP contribution in [0.2, 0.25) is 0 Å². The molecule has 0 aromatic rings. The molecule has 3 heteroatoms. The van der Waals surface area contributed by atoms with Crippen LogP contribution in [-0.4, -0.2) is 18.1 Å². The molecule has 2 aliphatic rings. The van der Waals surface area contributed by atoms with Crippen LogP contribution in [0.3, 0.4) is 0 Å². The molecule has 1 heterocycles. The van der Waals surface area contributed by atoms with Gasteiger partial charge in [0.2, 0.25) is 11.6 Å². The van der Waals surface area contributed by atoms with Crippen LogP contribution in [0, 0.1) is 0 Å². The topological polar surface area (TPSA) is 46.2 Å². The number of hydrogen-bond donors (Lipinski definition) is 1. The van der Waals surface area contributed by atoms with E-state index in [2.05, 4.69) is 5.32 Å². The van der Waals surface area contributed by atoms with Gasteiger partial charge in [0.1, 0.15) is 0 Å². The summed E-state index contributed by atoms with van der Waals surface area (Å²) in [5.41, 5.74) is 2.47. The molecular weight excluding hydrogens is 154 g/mol. The standard InChI is InChI=1S/C9H9NO2/c1-5-6-2-3-10-7(6)4-8(11)9(5)12/h4,10H,2-3H2,1H3. The van der Waals surface area contributed by atoms with E-state index in [-0.39, 0.29) is 5.78 Å². The highest BCUT2D eigenvalue weighted by Crippen LogP contribution is 2.25. The van der Waals surface area contributed by atoms with Crippen molar-refractivity contribution in [2.45, 2.75) is 13.3 Å². The summed E-state index contributed by atoms with van der Waals surface area (Å²) in [6, 6.07) is 0. The van der Waals surface area contributed by atoms with Crippen molar-refractivity contribution in [1.82, 2.24) is 5.32 Å². The third-order valence-corrected chi connectivity index (χ3v) is 2.31. The maximum Gasteiger partial charge on any atom is 0.229 e. The number of ketones is 2. The molecule has 62 valence electrons. The largest absolute Gasteiger partial charge is 0.384 e. The van der Waals surface area contributed by atoms with E-state index in [1.165, 1.54) is 6.08 Å². The van der Waals surface area contributed by atoms with Crippen LogP contribution in [0.5, 0.6) is 0 Å². The van der Waals surface area contributed by atoms with Gasteiger partial charge in [-0.25, -0.2) is 0 Å². The summed E-state index contributed by atoms with van der Waals surface area (Å²) in [4.78, 5) is 22.2. The van der Waals surface area contributed by atoms with Crippen molar-refractivity contribution in [3.63, 3.8) is 0 Å². The van der Waals surface area contributed by atoms with Crippen LogP contribution in [0.4, 0.5) is 0 Å². The minimum Gasteiger partial charge on any atom is -0.384 e. The third kappa shape index (κ3) is 0.826. The first-order valence-electron chi connectivity index (χ1n) is 3.94. The molecule has 0 atom stereocenters. The Bertz CT molecular complexity index is 336. The molecule has 1 saturated heterocycles. The predicted molar refractivity (Wildman–Crippen MR) is 43.4 cm³/mol. The van der Waals surface area contributed by atoms with Gasteiger partial charge in [0, 0.05) is 23.9 Å². The molecular formula is C9H9NO2. The van der Waals surface area contributed by atoms with Crippen LogP contribution in [0.1, 0.15) is 13.3 Å². The smallest absolute Gasteiger partial charge is 0.229 e. The first-order valence-corrected chi connectivity index (χ1v) is 3.94. The Morgan fingerprint density at radius 1 is 1.42 bits per heavy atom. The second kappa shape index (κ2) is 2.30. The molecule has 1 fully saturated rings. The van der Waals surface area contributed by atoms with Crippen LogP contribution in [0.15, 0.2) is 22.9 Å². The molecule has 0 radical (unpaired) electrons. The van der Waals surface area contributed by atoms with E-state index in [1.807, 2.05) is 0 Å². The zero-order chi connectivity index (χ0) is 8.72. The highest BCUT2D eigenvalue weighted by atomic mass is 16.2. The maximum absolute atomic E-state index is 11.2. The zero-order valence-corrected chi connectivity index (χ0v) is 6.81. The van der Waals surface area contributed by atoms with Crippen molar-refractivity contribution in [2.24, 2.45) is 0 Å². The molecule has 0 spiro atoms. The first kappa shape index (κ1) is 7.28. The second-order valence-corrected chi connectivity index (χ2v) is 3.03. The fourth-order valence-corrected chi connectivity index (χ4v) is 1.61. The molecule has 0 unspecified atom stereocenters. The van der Waals surface area contributed by atoms with Gasteiger partial charge in [0.05, 0.1) is 0 Å². The van der Waals surface area contributed by atoms with Crippen LogP contribution < -0.4 is 5.32 Å². The van der Waals surface area contributed by atoms with Crippen molar-refractivity contribution < 1.29 is 9.59 Å². The van der Waals surface area contributed by atoms with E-state index < -0.39 is 5.78 Å². The van der Waals surface area contributed by atoms with Gasteiger partial charge < -0.3 is 5.32 Å². The fraction of sp³-hybridized carbons (Fsp3) is 0.333. The summed E-state index contributed by atoms with van der Waals surface area (Å²) in [6.45, 7) is 2.55. The molecule has 0 aromatic carbocycles. The van der Waals surface area contributed by atoms with E-state index >= 15 is 0 Å². The Morgan fingerprint density at radius 3 is 2.92 bits per heavy atom. The minimum atomic E-state index is -0.402. The Labute approximate surface area is 70.1 Å². The lowest BCUT2D eigenvalue weighted by Crippen LogP contribution is -2.20. The summed E-state index contributed by atoms with van der Waals surface area (Å²) >= 11 is 0. The molecule has 3 nitrogen and oxygen atoms in total. The zero-order valence-electron chi connectivity index (χ0n) is 6.81. The maximum atomic E-state index is 11.2. The lowest BCUT2D eigenvalue weighted by Gasteiger charge is -2.10. The van der Waals surface area contributed by atoms with Crippen molar-refractivity contribution >= 4 is 11.6 Å². The Kier molecular flexibility index (Phi) is 1.40. The van der Waals surface area contributed by atoms with Gasteiger partial charge >= 0.3 is 0 Å². The van der Waals surface area contributed by atoms with E-state index in [4.69, 9.17) is 0 Å². The molecule has 0 aromatic heterocycles. The average molecular weight is 163 g/mol. The van der Waals surface area contributed by atoms with Gasteiger partial charge in [-0.05, 0) is 18.9 Å². The van der Waals surface area contributed by atoms with Gasteiger partial charge in [0.25, 0.3) is 0 Å². The summed E-state index contributed by atoms with van der Waals surface area (Å²) in [5.74, 6) is -0.752. The quantitative estimate of drug-likeness (QED) is 0.413. The van der Waals surface area contributed by atoms with E-state index in [9.17, 15) is 9.59 Å². The van der Waals surface area contributed by atoms with Gasteiger partial charge in [-0.2, -0.15) is 0 Å². The Hall–Kier alpha value is -1.38. The van der Waals surface area contributed by atoms with Crippen molar-refractivity contribution in [2.75, 3.05) is 6.54 Å². The summed E-state index contributed by atoms with van der Waals surface area (Å²) in [6.07, 6.45) is 2.26. The average Bonchev–Trinajstić information content (AvgIpc) is 2.48. The normalized spacial score (nSPS) is 22.2. The molecule has 12 heavy (non-hydrogen) atoms. The van der Waals surface area contributed by atoms with E-state index in [0.29, 0.717) is 5.57 Å². The number of Topliss-reactive ketones (excluding diaryl/α,β-unsaturated/α-hetero) is 1. The monoisotopic (exact) mass is 163 g/mol. The molecule has 0 saturated carbocycles. The minimum absolute atomic E-state index is 0.350. The predicted octanol–water partition coefficient (Wildman–Crippen LogP) is 0.332. The highest BCUT2D eigenvalue weighted by molar-refractivity contribution is 6.48. The number of allylic oxidation sites excluding steroid dienone is 3. The van der Waals surface area contributed by atoms with Gasteiger partial charge in [-0.1, -0.05) is 0 Å². The van der Waals surface area contributed by atoms with Crippen molar-refractivity contribution in [1.29, 1.82) is 0 Å². The fourth-order valence-electron chi connectivity index (χ4n) is 1.61. The number of carbonyl (C=O) groups excluding carboxylic acids is 2. The molecule has 2 rings (SSSR count). The Balaban J connectivity index is 2.54. The van der Waals surface area contributed by atoms with Crippen molar-refractivity contribution in [3.8, 4) is 0 Å². The summed E-state index contributed by atoms with van der Waals surface area (Å²) in [7, 11) is 0. The second-order valence-electron chi connectivity index (χ2n) is 3.03. The molecule has 1 aliphatic carbocycles. The Morgan fingerprint density at radius 2 is 2.17 bits per heavy atom. The number of rotatable bonds is 0. The highest BCUT2D eigenvalue weighted by Gasteiger charge is 2.27. The van der Waals surface area contributed by atoms with E-state index in [1.54, 1.807) is 6.92 Å². The van der Waals surface area contributed by atoms with Crippen LogP contribution >= 0.6 is 0 Å². The third-order valence-electron chi connectivity index (χ3n) is 2.31. The van der Waals surface area contributed by atoms with E-state index in [0.717, 1.165) is 24.2 Å². The summed E-state index contributed by atoms with van der Waals surface area (Å²) in [5, 5.41) is 3.07. The number of hydrogen-bond acceptors (Lipinski definition) is 3. The molecule has 0 bridgehead atoms. The van der Waals surface area contributed by atoms with Gasteiger partial charge in [-0.15, -0.1) is 0 Å². The van der Waals surface area contributed by atoms with Crippen LogP contribution in [-0.2, 0) is 9.59 Å². The number of nitrogens with one attached hydrogen (secondary N) is 1. The van der Waals surface area contributed by atoms with Crippen molar-refractivity contribution in [3.05, 3.63) is 22.9 Å². The van der Waals surface area contributed by atoms with Crippen LogP contribution in [0.25, 0.3) is 0 Å². The SMILES string of the molecule is CC1=C2CCNC2=CC(=O)C1=O. The number of fused-ring (bicyclic) bond motifs is 1. The molecule has 0 amide bonds. The van der Waals surface area contributed by atoms with Gasteiger partial charge in [-0.3, -0.25) is 9.59 Å². The lowest BCUT2D eigenvalue weighted by atomic mass is 9.94. The summed E-state index contributed by atoms with van der Waals surface area (Å²) < 4.78 is 0. The van der Waals surface area contributed by atoms with Gasteiger partial charge in [0.15, 0.2) is 0 Å². The number of carbonyl (C=O) groups is 2. The molecule has 1 N–H and O–H groups in total.